The van der Waals surface area contributed by atoms with Crippen LogP contribution in [0.1, 0.15) is 67.3 Å². The predicted molar refractivity (Wildman–Crippen MR) is 164 cm³/mol. The number of nitrogens with one attached hydrogen (secondary N) is 1. The van der Waals surface area contributed by atoms with Gasteiger partial charge in [-0.05, 0) is 67.6 Å². The summed E-state index contributed by atoms with van der Waals surface area (Å²) in [5.74, 6) is 2.99. The minimum Gasteiger partial charge on any atom is -0.496 e. The lowest BCUT2D eigenvalue weighted by Gasteiger charge is -2.37. The maximum absolute atomic E-state index is 12.7. The van der Waals surface area contributed by atoms with Gasteiger partial charge in [0.25, 0.3) is 0 Å². The fourth-order valence-electron chi connectivity index (χ4n) is 5.89. The maximum atomic E-state index is 12.7. The Morgan fingerprint density at radius 2 is 1.33 bits per heavy atom. The smallest absolute Gasteiger partial charge is 0.387 e. The molecule has 1 N–H and O–H groups in total. The molecule has 0 bridgehead atoms. The summed E-state index contributed by atoms with van der Waals surface area (Å²) in [4.78, 5) is 25.9. The van der Waals surface area contributed by atoms with Crippen molar-refractivity contribution in [2.75, 3.05) is 28.4 Å². The monoisotopic (exact) mass is 626 g/mol. The van der Waals surface area contributed by atoms with E-state index in [1.807, 2.05) is 36.4 Å². The molecular weight excluding hydrogens is 586 g/mol. The largest absolute Gasteiger partial charge is 0.496 e. The summed E-state index contributed by atoms with van der Waals surface area (Å²) in [5, 5.41) is 2.98. The van der Waals surface area contributed by atoms with Crippen LogP contribution in [0.25, 0.3) is 0 Å². The standard InChI is InChI=1S/C21H23F2NO4.C13H17NO3/c1-26-17-9-5-10-18(27-2)20(17)16-8-4-11-19(25)24(16)13-14-6-3-7-15(12-14)28-21(22)23;1-16-10-6-4-7-11(17-2)13(10)9-5-3-8-12(15)14-9/h3,5-7,9-10,12,16,21H,4,8,11,13H2,1-2H3;4,6-7,9H,3,5,8H2,1-2H3,(H,14,15). The third kappa shape index (κ3) is 8.34. The minimum absolute atomic E-state index is 0.00406. The number of hydrogen-bond acceptors (Lipinski definition) is 7. The summed E-state index contributed by atoms with van der Waals surface area (Å²) in [7, 11) is 6.42. The van der Waals surface area contributed by atoms with Crippen molar-refractivity contribution in [2.24, 2.45) is 0 Å². The molecule has 2 amide bonds. The lowest BCUT2D eigenvalue weighted by atomic mass is 9.92. The van der Waals surface area contributed by atoms with Crippen molar-refractivity contribution in [1.82, 2.24) is 10.2 Å². The average molecular weight is 627 g/mol. The van der Waals surface area contributed by atoms with Gasteiger partial charge >= 0.3 is 6.61 Å². The van der Waals surface area contributed by atoms with Crippen molar-refractivity contribution in [3.05, 3.63) is 77.4 Å². The van der Waals surface area contributed by atoms with Gasteiger partial charge in [-0.3, -0.25) is 9.59 Å². The molecule has 2 atom stereocenters. The number of nitrogens with zero attached hydrogens (tertiary/aromatic N) is 1. The van der Waals surface area contributed by atoms with Crippen LogP contribution in [0.4, 0.5) is 8.78 Å². The van der Waals surface area contributed by atoms with Crippen LogP contribution in [0.2, 0.25) is 0 Å². The molecule has 3 aromatic rings. The third-order valence-electron chi connectivity index (χ3n) is 7.89. The first-order valence-corrected chi connectivity index (χ1v) is 14.8. The Kier molecular flexibility index (Phi) is 11.8. The number of likely N-dealkylation sites (tertiary alicyclic amines) is 1. The zero-order chi connectivity index (χ0) is 32.3. The normalized spacial score (nSPS) is 18.0. The van der Waals surface area contributed by atoms with Crippen LogP contribution in [0.15, 0.2) is 60.7 Å². The zero-order valence-electron chi connectivity index (χ0n) is 26.0. The number of ether oxygens (including phenoxy) is 5. The second kappa shape index (κ2) is 16.0. The fraction of sp³-hybridized carbons (Fsp3) is 0.412. The summed E-state index contributed by atoms with van der Waals surface area (Å²) in [5.41, 5.74) is 2.47. The zero-order valence-corrected chi connectivity index (χ0v) is 26.0. The lowest BCUT2D eigenvalue weighted by Crippen LogP contribution is -2.38. The van der Waals surface area contributed by atoms with E-state index in [-0.39, 0.29) is 36.2 Å². The molecular formula is C34H40F2N2O7. The van der Waals surface area contributed by atoms with Gasteiger partial charge in [-0.1, -0.05) is 24.3 Å². The van der Waals surface area contributed by atoms with Crippen molar-refractivity contribution in [2.45, 2.75) is 63.8 Å². The molecule has 45 heavy (non-hydrogen) atoms. The minimum atomic E-state index is -2.89. The Morgan fingerprint density at radius 1 is 0.778 bits per heavy atom. The van der Waals surface area contributed by atoms with Crippen LogP contribution in [0.3, 0.4) is 0 Å². The summed E-state index contributed by atoms with van der Waals surface area (Å²) in [6.07, 6.45) is 4.39. The molecule has 2 aliphatic rings. The average Bonchev–Trinajstić information content (AvgIpc) is 3.05. The van der Waals surface area contributed by atoms with Crippen LogP contribution >= 0.6 is 0 Å². The number of amides is 2. The van der Waals surface area contributed by atoms with E-state index < -0.39 is 6.61 Å². The second-order valence-electron chi connectivity index (χ2n) is 10.6. The Bertz CT molecular complexity index is 1410. The van der Waals surface area contributed by atoms with Crippen molar-refractivity contribution in [3.8, 4) is 28.7 Å². The summed E-state index contributed by atoms with van der Waals surface area (Å²) >= 11 is 0. The molecule has 242 valence electrons. The predicted octanol–water partition coefficient (Wildman–Crippen LogP) is 6.60. The number of rotatable bonds is 10. The number of hydrogen-bond donors (Lipinski definition) is 1. The molecule has 2 unspecified atom stereocenters. The number of benzene rings is 3. The van der Waals surface area contributed by atoms with Crippen molar-refractivity contribution >= 4 is 11.8 Å². The topological polar surface area (TPSA) is 95.6 Å². The van der Waals surface area contributed by atoms with Crippen molar-refractivity contribution < 1.29 is 42.1 Å². The maximum Gasteiger partial charge on any atom is 0.387 e. The number of carbonyl (C=O) groups is 2. The first kappa shape index (κ1) is 33.4. The van der Waals surface area contributed by atoms with Gasteiger partial charge in [-0.15, -0.1) is 0 Å². The van der Waals surface area contributed by atoms with Crippen LogP contribution in [-0.4, -0.2) is 51.8 Å². The Labute approximate surface area is 262 Å². The lowest BCUT2D eigenvalue weighted by molar-refractivity contribution is -0.137. The molecule has 11 heteroatoms. The highest BCUT2D eigenvalue weighted by atomic mass is 19.3. The summed E-state index contributed by atoms with van der Waals surface area (Å²) < 4.78 is 51.2. The van der Waals surface area contributed by atoms with Gasteiger partial charge in [-0.25, -0.2) is 0 Å². The summed E-state index contributed by atoms with van der Waals surface area (Å²) in [6, 6.07) is 17.4. The van der Waals surface area contributed by atoms with Gasteiger partial charge in [0.05, 0.1) is 51.6 Å². The molecule has 9 nitrogen and oxygen atoms in total. The molecule has 5 rings (SSSR count). The molecule has 3 aromatic carbocycles. The molecule has 0 saturated carbocycles. The molecule has 0 aliphatic carbocycles. The number of alkyl halides is 2. The van der Waals surface area contributed by atoms with Gasteiger partial charge in [0.15, 0.2) is 0 Å². The van der Waals surface area contributed by atoms with Crippen LogP contribution in [0, 0.1) is 0 Å². The van der Waals surface area contributed by atoms with E-state index in [1.165, 1.54) is 12.1 Å². The van der Waals surface area contributed by atoms with Crippen molar-refractivity contribution in [1.29, 1.82) is 0 Å². The Balaban J connectivity index is 0.000000231. The molecule has 2 saturated heterocycles. The van der Waals surface area contributed by atoms with E-state index in [2.05, 4.69) is 10.1 Å². The SMILES string of the molecule is COc1cccc(OC)c1C1CCCC(=O)N1.COc1cccc(OC)c1C1CCCC(=O)N1Cc1cccc(OC(F)F)c1. The number of carbonyl (C=O) groups excluding carboxylic acids is 2. The highest BCUT2D eigenvalue weighted by Gasteiger charge is 2.33. The summed E-state index contributed by atoms with van der Waals surface area (Å²) in [6.45, 7) is -2.61. The molecule has 0 radical (unpaired) electrons. The molecule has 2 aliphatic heterocycles. The van der Waals surface area contributed by atoms with Crippen LogP contribution < -0.4 is 29.0 Å². The van der Waals surface area contributed by atoms with Gasteiger partial charge in [0.2, 0.25) is 11.8 Å². The van der Waals surface area contributed by atoms with Crippen molar-refractivity contribution in [3.63, 3.8) is 0 Å². The number of piperidine rings is 2. The van der Waals surface area contributed by atoms with Gasteiger partial charge in [0, 0.05) is 19.4 Å². The van der Waals surface area contributed by atoms with E-state index in [1.54, 1.807) is 45.5 Å². The molecule has 0 spiro atoms. The van der Waals surface area contributed by atoms with Crippen LogP contribution in [0.5, 0.6) is 28.7 Å². The first-order valence-electron chi connectivity index (χ1n) is 14.8. The highest BCUT2D eigenvalue weighted by Crippen LogP contribution is 2.43. The molecule has 2 fully saturated rings. The van der Waals surface area contributed by atoms with E-state index in [0.29, 0.717) is 29.9 Å². The van der Waals surface area contributed by atoms with Crippen LogP contribution in [-0.2, 0) is 16.1 Å². The highest BCUT2D eigenvalue weighted by molar-refractivity contribution is 5.78. The first-order chi connectivity index (χ1) is 21.8. The molecule has 0 aromatic heterocycles. The Morgan fingerprint density at radius 3 is 1.89 bits per heavy atom. The quantitative estimate of drug-likeness (QED) is 0.271. The second-order valence-corrected chi connectivity index (χ2v) is 10.6. The Hall–Kier alpha value is -4.54. The van der Waals surface area contributed by atoms with Gasteiger partial charge in [-0.2, -0.15) is 8.78 Å². The van der Waals surface area contributed by atoms with E-state index in [9.17, 15) is 18.4 Å². The third-order valence-corrected chi connectivity index (χ3v) is 7.89. The van der Waals surface area contributed by atoms with Gasteiger partial charge < -0.3 is 33.9 Å². The number of methoxy groups -OCH3 is 4. The fourth-order valence-corrected chi connectivity index (χ4v) is 5.89. The van der Waals surface area contributed by atoms with E-state index in [4.69, 9.17) is 18.9 Å². The number of halogens is 2. The van der Waals surface area contributed by atoms with E-state index in [0.717, 1.165) is 48.3 Å². The van der Waals surface area contributed by atoms with Gasteiger partial charge in [0.1, 0.15) is 28.7 Å². The van der Waals surface area contributed by atoms with E-state index >= 15 is 0 Å². The molecule has 2 heterocycles.